The molecule has 1 fully saturated rings. The van der Waals surface area contributed by atoms with Gasteiger partial charge in [0.25, 0.3) is 0 Å². The third-order valence-electron chi connectivity index (χ3n) is 3.20. The number of ether oxygens (including phenoxy) is 1. The number of hydrogen-bond donors (Lipinski definition) is 0. The molecular weight excluding hydrogens is 244 g/mol. The smallest absolute Gasteiger partial charge is 0.162 e. The Morgan fingerprint density at radius 3 is 2.78 bits per heavy atom. The quantitative estimate of drug-likeness (QED) is 0.575. The van der Waals surface area contributed by atoms with E-state index in [-0.39, 0.29) is 5.78 Å². The Kier molecular flexibility index (Phi) is 5.26. The fourth-order valence-corrected chi connectivity index (χ4v) is 2.87. The number of benzene rings is 1. The molecule has 0 radical (unpaired) electrons. The standard InChI is InChI=1S/C15H20O2S/c1-2-18-14-8-5-12(6-9-14)15(16)10-7-13-4-3-11-17-13/h5-6,8-9,13H,2-4,7,10-11H2,1H3. The van der Waals surface area contributed by atoms with Gasteiger partial charge in [0.05, 0.1) is 6.10 Å². The van der Waals surface area contributed by atoms with Gasteiger partial charge in [0.1, 0.15) is 0 Å². The molecule has 0 bridgehead atoms. The van der Waals surface area contributed by atoms with Gasteiger partial charge < -0.3 is 4.74 Å². The molecule has 1 aliphatic rings. The predicted molar refractivity (Wildman–Crippen MR) is 75.4 cm³/mol. The maximum absolute atomic E-state index is 12.0. The fourth-order valence-electron chi connectivity index (χ4n) is 2.21. The largest absolute Gasteiger partial charge is 0.378 e. The molecule has 0 amide bonds. The van der Waals surface area contributed by atoms with E-state index in [0.717, 1.165) is 37.2 Å². The highest BCUT2D eigenvalue weighted by Crippen LogP contribution is 2.20. The lowest BCUT2D eigenvalue weighted by molar-refractivity contribution is 0.0859. The lowest BCUT2D eigenvalue weighted by Gasteiger charge is -2.08. The normalized spacial score (nSPS) is 19.1. The van der Waals surface area contributed by atoms with Crippen molar-refractivity contribution in [1.29, 1.82) is 0 Å². The van der Waals surface area contributed by atoms with Crippen molar-refractivity contribution >= 4 is 17.5 Å². The Bertz CT molecular complexity index is 380. The Hall–Kier alpha value is -0.800. The highest BCUT2D eigenvalue weighted by molar-refractivity contribution is 7.99. The average Bonchev–Trinajstić information content (AvgIpc) is 2.90. The first kappa shape index (κ1) is 13.6. The molecule has 1 atom stereocenters. The lowest BCUT2D eigenvalue weighted by Crippen LogP contribution is -2.08. The molecule has 1 heterocycles. The number of carbonyl (C=O) groups excluding carboxylic acids is 1. The van der Waals surface area contributed by atoms with E-state index in [1.54, 1.807) is 11.8 Å². The van der Waals surface area contributed by atoms with Crippen LogP contribution in [-0.2, 0) is 4.74 Å². The van der Waals surface area contributed by atoms with Gasteiger partial charge in [0.15, 0.2) is 5.78 Å². The molecule has 98 valence electrons. The molecule has 1 aliphatic heterocycles. The number of ketones is 1. The fraction of sp³-hybridized carbons (Fsp3) is 0.533. The first-order valence-electron chi connectivity index (χ1n) is 6.67. The van der Waals surface area contributed by atoms with Crippen molar-refractivity contribution in [3.05, 3.63) is 29.8 Å². The Morgan fingerprint density at radius 2 is 2.17 bits per heavy atom. The number of rotatable bonds is 6. The number of thioether (sulfide) groups is 1. The van der Waals surface area contributed by atoms with Gasteiger partial charge in [-0.15, -0.1) is 11.8 Å². The molecule has 2 rings (SSSR count). The molecule has 0 aliphatic carbocycles. The van der Waals surface area contributed by atoms with Crippen molar-refractivity contribution in [2.75, 3.05) is 12.4 Å². The molecule has 1 aromatic carbocycles. The maximum Gasteiger partial charge on any atom is 0.162 e. The molecule has 18 heavy (non-hydrogen) atoms. The van der Waals surface area contributed by atoms with Gasteiger partial charge >= 0.3 is 0 Å². The van der Waals surface area contributed by atoms with Crippen molar-refractivity contribution in [3.63, 3.8) is 0 Å². The summed E-state index contributed by atoms with van der Waals surface area (Å²) in [6, 6.07) is 7.95. The van der Waals surface area contributed by atoms with Gasteiger partial charge in [0, 0.05) is 23.5 Å². The van der Waals surface area contributed by atoms with E-state index >= 15 is 0 Å². The highest BCUT2D eigenvalue weighted by atomic mass is 32.2. The van der Waals surface area contributed by atoms with Gasteiger partial charge in [0.2, 0.25) is 0 Å². The lowest BCUT2D eigenvalue weighted by atomic mass is 10.0. The van der Waals surface area contributed by atoms with Gasteiger partial charge in [-0.3, -0.25) is 4.79 Å². The molecule has 0 N–H and O–H groups in total. The highest BCUT2D eigenvalue weighted by Gasteiger charge is 2.17. The van der Waals surface area contributed by atoms with Crippen molar-refractivity contribution in [1.82, 2.24) is 0 Å². The molecule has 0 saturated carbocycles. The average molecular weight is 264 g/mol. The molecule has 2 nitrogen and oxygen atoms in total. The van der Waals surface area contributed by atoms with Crippen LogP contribution in [0.4, 0.5) is 0 Å². The van der Waals surface area contributed by atoms with Crippen LogP contribution in [0.3, 0.4) is 0 Å². The zero-order valence-corrected chi connectivity index (χ0v) is 11.7. The van der Waals surface area contributed by atoms with E-state index in [1.165, 1.54) is 4.90 Å². The van der Waals surface area contributed by atoms with Crippen LogP contribution in [0.15, 0.2) is 29.2 Å². The van der Waals surface area contributed by atoms with Crippen LogP contribution >= 0.6 is 11.8 Å². The van der Waals surface area contributed by atoms with Crippen LogP contribution in [0.25, 0.3) is 0 Å². The minimum Gasteiger partial charge on any atom is -0.378 e. The Morgan fingerprint density at radius 1 is 1.39 bits per heavy atom. The first-order chi connectivity index (χ1) is 8.79. The molecule has 0 spiro atoms. The zero-order chi connectivity index (χ0) is 12.8. The van der Waals surface area contributed by atoms with Crippen LogP contribution in [-0.4, -0.2) is 24.2 Å². The Labute approximate surface area is 113 Å². The molecule has 1 saturated heterocycles. The van der Waals surface area contributed by atoms with E-state index in [0.29, 0.717) is 12.5 Å². The third-order valence-corrected chi connectivity index (χ3v) is 4.10. The number of hydrogen-bond acceptors (Lipinski definition) is 3. The summed E-state index contributed by atoms with van der Waals surface area (Å²) in [5, 5.41) is 0. The van der Waals surface area contributed by atoms with Crippen LogP contribution in [0.5, 0.6) is 0 Å². The van der Waals surface area contributed by atoms with Crippen molar-refractivity contribution in [2.45, 2.75) is 43.6 Å². The van der Waals surface area contributed by atoms with Crippen LogP contribution in [0.1, 0.15) is 43.0 Å². The second-order valence-corrected chi connectivity index (χ2v) is 5.89. The van der Waals surface area contributed by atoms with Gasteiger partial charge in [-0.1, -0.05) is 19.1 Å². The second kappa shape index (κ2) is 6.95. The summed E-state index contributed by atoms with van der Waals surface area (Å²) in [5.41, 5.74) is 0.827. The summed E-state index contributed by atoms with van der Waals surface area (Å²) < 4.78 is 5.53. The monoisotopic (exact) mass is 264 g/mol. The van der Waals surface area contributed by atoms with Crippen molar-refractivity contribution < 1.29 is 9.53 Å². The molecule has 1 aromatic rings. The van der Waals surface area contributed by atoms with Crippen LogP contribution in [0.2, 0.25) is 0 Å². The summed E-state index contributed by atoms with van der Waals surface area (Å²) in [7, 11) is 0. The minimum atomic E-state index is 0.235. The van der Waals surface area contributed by atoms with Crippen molar-refractivity contribution in [2.24, 2.45) is 0 Å². The van der Waals surface area contributed by atoms with E-state index in [2.05, 4.69) is 6.92 Å². The number of carbonyl (C=O) groups is 1. The van der Waals surface area contributed by atoms with Crippen LogP contribution < -0.4 is 0 Å². The molecule has 3 heteroatoms. The van der Waals surface area contributed by atoms with E-state index in [9.17, 15) is 4.79 Å². The summed E-state index contributed by atoms with van der Waals surface area (Å²) in [5.74, 6) is 1.30. The maximum atomic E-state index is 12.0. The molecule has 1 unspecified atom stereocenters. The van der Waals surface area contributed by atoms with Gasteiger partial charge in [-0.25, -0.2) is 0 Å². The van der Waals surface area contributed by atoms with Crippen LogP contribution in [0, 0.1) is 0 Å². The first-order valence-corrected chi connectivity index (χ1v) is 7.66. The van der Waals surface area contributed by atoms with E-state index in [4.69, 9.17) is 4.74 Å². The zero-order valence-electron chi connectivity index (χ0n) is 10.9. The SMILES string of the molecule is CCSc1ccc(C(=O)CCC2CCCO2)cc1. The molecule has 0 aromatic heterocycles. The summed E-state index contributed by atoms with van der Waals surface area (Å²) >= 11 is 1.80. The predicted octanol–water partition coefficient (Wildman–Crippen LogP) is 3.94. The van der Waals surface area contributed by atoms with E-state index in [1.807, 2.05) is 24.3 Å². The van der Waals surface area contributed by atoms with Gasteiger partial charge in [-0.05, 0) is 37.1 Å². The summed E-state index contributed by atoms with van der Waals surface area (Å²) in [6.45, 7) is 2.99. The second-order valence-electron chi connectivity index (χ2n) is 4.55. The minimum absolute atomic E-state index is 0.235. The van der Waals surface area contributed by atoms with E-state index < -0.39 is 0 Å². The van der Waals surface area contributed by atoms with Crippen molar-refractivity contribution in [3.8, 4) is 0 Å². The number of Topliss-reactive ketones (excluding diaryl/α,β-unsaturated/α-hetero) is 1. The third kappa shape index (κ3) is 3.85. The summed E-state index contributed by atoms with van der Waals surface area (Å²) in [6.07, 6.45) is 4.03. The molecular formula is C15H20O2S. The van der Waals surface area contributed by atoms with Gasteiger partial charge in [-0.2, -0.15) is 0 Å². The topological polar surface area (TPSA) is 26.3 Å². The Balaban J connectivity index is 1.83. The summed E-state index contributed by atoms with van der Waals surface area (Å²) in [4.78, 5) is 13.2.